The molecule has 0 aliphatic carbocycles. The minimum Gasteiger partial charge on any atom is -0.480 e. The van der Waals surface area contributed by atoms with E-state index in [4.69, 9.17) is 11.5 Å². The molecule has 0 bridgehead atoms. The number of hydrogen-bond acceptors (Lipinski definition) is 6. The van der Waals surface area contributed by atoms with E-state index in [9.17, 15) is 29.1 Å². The van der Waals surface area contributed by atoms with Gasteiger partial charge in [-0.2, -0.15) is 0 Å². The zero-order chi connectivity index (χ0) is 23.9. The summed E-state index contributed by atoms with van der Waals surface area (Å²) in [5.41, 5.74) is 10.8. The molecular weight excluding hydrogens is 406 g/mol. The SMILES string of the molecule is CCC(C)C(NC(=O)C(N)CC(N)=O)C(=O)N1CCCC1C(=O)NC(C(=O)O)C(C)C. The standard InChI is InChI=1S/C20H35N5O6/c1-5-11(4)16(24-17(27)12(21)9-14(22)26)19(29)25-8-6-7-13(25)18(28)23-15(10(2)3)20(30)31/h10-13,15-16H,5-9,21H2,1-4H3,(H2,22,26)(H,23,28)(H,24,27)(H,30,31). The number of carboxylic acid groups (broad SMARTS) is 1. The first kappa shape index (κ1) is 26.3. The Bertz CT molecular complexity index is 698. The molecule has 5 unspecified atom stereocenters. The molecule has 0 spiro atoms. The van der Waals surface area contributed by atoms with E-state index in [1.54, 1.807) is 20.8 Å². The van der Waals surface area contributed by atoms with E-state index < -0.39 is 53.8 Å². The molecule has 1 rings (SSSR count). The van der Waals surface area contributed by atoms with Crippen LogP contribution in [0.2, 0.25) is 0 Å². The van der Waals surface area contributed by atoms with Crippen LogP contribution in [0, 0.1) is 11.8 Å². The molecule has 4 amide bonds. The summed E-state index contributed by atoms with van der Waals surface area (Å²) in [6.45, 7) is 7.31. The summed E-state index contributed by atoms with van der Waals surface area (Å²) >= 11 is 0. The molecule has 0 saturated carbocycles. The van der Waals surface area contributed by atoms with E-state index >= 15 is 0 Å². The van der Waals surface area contributed by atoms with Crippen LogP contribution in [-0.4, -0.2) is 70.3 Å². The predicted octanol–water partition coefficient (Wildman–Crippen LogP) is -1.06. The number of nitrogens with one attached hydrogen (secondary N) is 2. The van der Waals surface area contributed by atoms with Gasteiger partial charge in [-0.15, -0.1) is 0 Å². The molecule has 1 saturated heterocycles. The van der Waals surface area contributed by atoms with Crippen LogP contribution >= 0.6 is 0 Å². The molecule has 0 radical (unpaired) electrons. The van der Waals surface area contributed by atoms with Gasteiger partial charge < -0.3 is 32.1 Å². The van der Waals surface area contributed by atoms with Crippen LogP contribution in [-0.2, 0) is 24.0 Å². The summed E-state index contributed by atoms with van der Waals surface area (Å²) < 4.78 is 0. The summed E-state index contributed by atoms with van der Waals surface area (Å²) in [7, 11) is 0. The Morgan fingerprint density at radius 2 is 1.71 bits per heavy atom. The maximum absolute atomic E-state index is 13.3. The average Bonchev–Trinajstić information content (AvgIpc) is 3.17. The van der Waals surface area contributed by atoms with E-state index in [1.165, 1.54) is 4.90 Å². The maximum atomic E-state index is 13.3. The maximum Gasteiger partial charge on any atom is 0.326 e. The number of nitrogens with zero attached hydrogens (tertiary/aromatic N) is 1. The summed E-state index contributed by atoms with van der Waals surface area (Å²) in [6, 6.07) is -4.01. The van der Waals surface area contributed by atoms with Gasteiger partial charge in [0.15, 0.2) is 0 Å². The lowest BCUT2D eigenvalue weighted by Gasteiger charge is -2.32. The normalized spacial score (nSPS) is 19.9. The van der Waals surface area contributed by atoms with Gasteiger partial charge in [-0.25, -0.2) is 4.79 Å². The zero-order valence-corrected chi connectivity index (χ0v) is 18.6. The van der Waals surface area contributed by atoms with Crippen LogP contribution in [0.15, 0.2) is 0 Å². The van der Waals surface area contributed by atoms with Gasteiger partial charge in [-0.3, -0.25) is 19.2 Å². The Hall–Kier alpha value is -2.69. The van der Waals surface area contributed by atoms with E-state index in [0.29, 0.717) is 25.8 Å². The number of hydrogen-bond donors (Lipinski definition) is 5. The Morgan fingerprint density at radius 3 is 2.19 bits per heavy atom. The molecule has 0 aromatic carbocycles. The molecule has 1 heterocycles. The van der Waals surface area contributed by atoms with Crippen molar-refractivity contribution in [3.8, 4) is 0 Å². The van der Waals surface area contributed by atoms with E-state index in [-0.39, 0.29) is 18.3 Å². The second kappa shape index (κ2) is 11.6. The largest absolute Gasteiger partial charge is 0.480 e. The molecule has 0 aromatic rings. The number of rotatable bonds is 11. The number of nitrogens with two attached hydrogens (primary N) is 2. The van der Waals surface area contributed by atoms with Crippen molar-refractivity contribution < 1.29 is 29.1 Å². The number of primary amides is 1. The summed E-state index contributed by atoms with van der Waals surface area (Å²) in [5.74, 6) is -4.12. The molecular formula is C20H35N5O6. The molecule has 31 heavy (non-hydrogen) atoms. The van der Waals surface area contributed by atoms with Crippen molar-refractivity contribution in [1.82, 2.24) is 15.5 Å². The van der Waals surface area contributed by atoms with Crippen molar-refractivity contribution in [2.75, 3.05) is 6.54 Å². The minimum absolute atomic E-state index is 0.260. The third-order valence-corrected chi connectivity index (χ3v) is 5.60. The van der Waals surface area contributed by atoms with E-state index in [0.717, 1.165) is 0 Å². The van der Waals surface area contributed by atoms with Crippen LogP contribution < -0.4 is 22.1 Å². The van der Waals surface area contributed by atoms with Crippen LogP contribution in [0.3, 0.4) is 0 Å². The lowest BCUT2D eigenvalue weighted by molar-refractivity contribution is -0.146. The quantitative estimate of drug-likeness (QED) is 0.270. The highest BCUT2D eigenvalue weighted by Crippen LogP contribution is 2.22. The highest BCUT2D eigenvalue weighted by Gasteiger charge is 2.40. The van der Waals surface area contributed by atoms with E-state index in [1.807, 2.05) is 6.92 Å². The van der Waals surface area contributed by atoms with Crippen LogP contribution in [0.1, 0.15) is 53.4 Å². The van der Waals surface area contributed by atoms with Crippen molar-refractivity contribution in [3.63, 3.8) is 0 Å². The third-order valence-electron chi connectivity index (χ3n) is 5.60. The van der Waals surface area contributed by atoms with Gasteiger partial charge in [0, 0.05) is 6.54 Å². The number of carbonyl (C=O) groups excluding carboxylic acids is 4. The van der Waals surface area contributed by atoms with Gasteiger partial charge in [0.05, 0.1) is 12.5 Å². The smallest absolute Gasteiger partial charge is 0.326 e. The lowest BCUT2D eigenvalue weighted by Crippen LogP contribution is -2.58. The first-order valence-electron chi connectivity index (χ1n) is 10.6. The fourth-order valence-electron chi connectivity index (χ4n) is 3.50. The highest BCUT2D eigenvalue weighted by molar-refractivity contribution is 5.95. The average molecular weight is 442 g/mol. The number of aliphatic carboxylic acids is 1. The third kappa shape index (κ3) is 7.20. The van der Waals surface area contributed by atoms with Crippen LogP contribution in [0.5, 0.6) is 0 Å². The van der Waals surface area contributed by atoms with Crippen molar-refractivity contribution in [2.45, 2.75) is 77.5 Å². The molecule has 11 nitrogen and oxygen atoms in total. The molecule has 1 fully saturated rings. The number of carboxylic acids is 1. The van der Waals surface area contributed by atoms with Gasteiger partial charge >= 0.3 is 5.97 Å². The lowest BCUT2D eigenvalue weighted by atomic mass is 9.96. The molecule has 11 heteroatoms. The van der Waals surface area contributed by atoms with Gasteiger partial charge in [-0.1, -0.05) is 34.1 Å². The van der Waals surface area contributed by atoms with Gasteiger partial charge in [0.2, 0.25) is 23.6 Å². The summed E-state index contributed by atoms with van der Waals surface area (Å²) in [6.07, 6.45) is 1.19. The van der Waals surface area contributed by atoms with Gasteiger partial charge in [0.1, 0.15) is 18.1 Å². The second-order valence-electron chi connectivity index (χ2n) is 8.41. The van der Waals surface area contributed by atoms with Gasteiger partial charge in [-0.05, 0) is 24.7 Å². The predicted molar refractivity (Wildman–Crippen MR) is 112 cm³/mol. The van der Waals surface area contributed by atoms with Crippen LogP contribution in [0.4, 0.5) is 0 Å². The molecule has 7 N–H and O–H groups in total. The first-order chi connectivity index (χ1) is 14.4. The van der Waals surface area contributed by atoms with Crippen LogP contribution in [0.25, 0.3) is 0 Å². The van der Waals surface area contributed by atoms with Crippen molar-refractivity contribution in [3.05, 3.63) is 0 Å². The second-order valence-corrected chi connectivity index (χ2v) is 8.41. The monoisotopic (exact) mass is 441 g/mol. The Kier molecular flexibility index (Phi) is 9.89. The van der Waals surface area contributed by atoms with Gasteiger partial charge in [0.25, 0.3) is 0 Å². The summed E-state index contributed by atoms with van der Waals surface area (Å²) in [4.78, 5) is 62.3. The Balaban J connectivity index is 2.99. The Labute approximate surface area is 182 Å². The topological polar surface area (TPSA) is 185 Å². The Morgan fingerprint density at radius 1 is 1.10 bits per heavy atom. The minimum atomic E-state index is -1.18. The molecule has 1 aliphatic rings. The van der Waals surface area contributed by atoms with Crippen molar-refractivity contribution >= 4 is 29.6 Å². The number of carbonyl (C=O) groups is 5. The molecule has 0 aromatic heterocycles. The van der Waals surface area contributed by atoms with E-state index in [2.05, 4.69) is 10.6 Å². The fourth-order valence-corrected chi connectivity index (χ4v) is 3.50. The number of likely N-dealkylation sites (tertiary alicyclic amines) is 1. The fraction of sp³-hybridized carbons (Fsp3) is 0.750. The molecule has 5 atom stereocenters. The van der Waals surface area contributed by atoms with Crippen molar-refractivity contribution in [1.29, 1.82) is 0 Å². The first-order valence-corrected chi connectivity index (χ1v) is 10.6. The molecule has 176 valence electrons. The zero-order valence-electron chi connectivity index (χ0n) is 18.6. The summed E-state index contributed by atoms with van der Waals surface area (Å²) in [5, 5.41) is 14.4. The molecule has 1 aliphatic heterocycles. The number of amides is 4. The van der Waals surface area contributed by atoms with Crippen molar-refractivity contribution in [2.24, 2.45) is 23.3 Å². The highest BCUT2D eigenvalue weighted by atomic mass is 16.4.